The fraction of sp³-hybridized carbons (Fsp3) is 0.130. The van der Waals surface area contributed by atoms with E-state index in [1.165, 1.54) is 35.9 Å². The highest BCUT2D eigenvalue weighted by atomic mass is 32.2. The SMILES string of the molecule is COC(=O)c1ccc(NC(=O)CSc2nc3cc(C)[nH]c3c(=O)n2-c2ccc(F)cc2)cc1. The molecule has 0 aliphatic carbocycles. The zero-order valence-electron chi connectivity index (χ0n) is 17.7. The summed E-state index contributed by atoms with van der Waals surface area (Å²) in [5.41, 5.74) is 2.55. The second-order valence-electron chi connectivity index (χ2n) is 7.13. The Labute approximate surface area is 191 Å². The van der Waals surface area contributed by atoms with E-state index in [0.717, 1.165) is 17.5 Å². The van der Waals surface area contributed by atoms with Gasteiger partial charge in [0.1, 0.15) is 11.3 Å². The molecule has 0 spiro atoms. The van der Waals surface area contributed by atoms with Crippen molar-refractivity contribution >= 4 is 40.4 Å². The van der Waals surface area contributed by atoms with Crippen LogP contribution in [0.25, 0.3) is 16.7 Å². The van der Waals surface area contributed by atoms with Crippen molar-refractivity contribution in [2.45, 2.75) is 12.1 Å². The summed E-state index contributed by atoms with van der Waals surface area (Å²) in [6.07, 6.45) is 0. The monoisotopic (exact) mass is 466 g/mol. The summed E-state index contributed by atoms with van der Waals surface area (Å²) in [6.45, 7) is 1.81. The minimum Gasteiger partial charge on any atom is -0.465 e. The van der Waals surface area contributed by atoms with Gasteiger partial charge in [0.05, 0.1) is 29.6 Å². The number of rotatable bonds is 6. The van der Waals surface area contributed by atoms with Crippen LogP contribution in [0.15, 0.2) is 64.5 Å². The van der Waals surface area contributed by atoms with E-state index in [9.17, 15) is 18.8 Å². The van der Waals surface area contributed by atoms with Crippen molar-refractivity contribution in [2.24, 2.45) is 0 Å². The average molecular weight is 466 g/mol. The van der Waals surface area contributed by atoms with Crippen molar-refractivity contribution in [1.29, 1.82) is 0 Å². The van der Waals surface area contributed by atoms with Crippen molar-refractivity contribution in [3.8, 4) is 5.69 Å². The van der Waals surface area contributed by atoms with Gasteiger partial charge in [-0.15, -0.1) is 0 Å². The van der Waals surface area contributed by atoms with Gasteiger partial charge in [-0.3, -0.25) is 14.2 Å². The number of hydrogen-bond acceptors (Lipinski definition) is 6. The number of carbonyl (C=O) groups excluding carboxylic acids is 2. The molecule has 0 bridgehead atoms. The van der Waals surface area contributed by atoms with Crippen LogP contribution < -0.4 is 10.9 Å². The molecule has 4 aromatic rings. The summed E-state index contributed by atoms with van der Waals surface area (Å²) in [7, 11) is 1.29. The van der Waals surface area contributed by atoms with Crippen LogP contribution in [0.1, 0.15) is 16.1 Å². The van der Waals surface area contributed by atoms with Crippen LogP contribution in [0.3, 0.4) is 0 Å². The quantitative estimate of drug-likeness (QED) is 0.255. The number of thioether (sulfide) groups is 1. The van der Waals surface area contributed by atoms with E-state index in [-0.39, 0.29) is 17.2 Å². The van der Waals surface area contributed by atoms with Crippen molar-refractivity contribution in [3.05, 3.63) is 82.0 Å². The van der Waals surface area contributed by atoms with Crippen LogP contribution in [0.4, 0.5) is 10.1 Å². The Morgan fingerprint density at radius 2 is 1.85 bits per heavy atom. The van der Waals surface area contributed by atoms with Crippen LogP contribution >= 0.6 is 11.8 Å². The zero-order valence-corrected chi connectivity index (χ0v) is 18.5. The molecule has 0 unspecified atom stereocenters. The molecule has 2 N–H and O–H groups in total. The molecule has 2 heterocycles. The van der Waals surface area contributed by atoms with Crippen LogP contribution in [-0.4, -0.2) is 39.3 Å². The summed E-state index contributed by atoms with van der Waals surface area (Å²) in [5.74, 6) is -1.25. The maximum atomic E-state index is 13.4. The van der Waals surface area contributed by atoms with Gasteiger partial charge in [0.2, 0.25) is 5.91 Å². The summed E-state index contributed by atoms with van der Waals surface area (Å²) in [4.78, 5) is 44.7. The number of aryl methyl sites for hydroxylation is 1. The van der Waals surface area contributed by atoms with E-state index < -0.39 is 11.8 Å². The molecule has 33 heavy (non-hydrogen) atoms. The lowest BCUT2D eigenvalue weighted by Gasteiger charge is -2.12. The average Bonchev–Trinajstić information content (AvgIpc) is 3.19. The number of amides is 1. The third-order valence-electron chi connectivity index (χ3n) is 4.76. The molecule has 4 rings (SSSR count). The predicted molar refractivity (Wildman–Crippen MR) is 124 cm³/mol. The number of hydrogen-bond donors (Lipinski definition) is 2. The number of aromatic amines is 1. The Balaban J connectivity index is 1.58. The smallest absolute Gasteiger partial charge is 0.337 e. The summed E-state index contributed by atoms with van der Waals surface area (Å²) >= 11 is 1.08. The van der Waals surface area contributed by atoms with Crippen LogP contribution in [0.5, 0.6) is 0 Å². The highest BCUT2D eigenvalue weighted by molar-refractivity contribution is 7.99. The number of H-pyrrole nitrogens is 1. The topological polar surface area (TPSA) is 106 Å². The number of esters is 1. The molecule has 0 saturated carbocycles. The fourth-order valence-corrected chi connectivity index (χ4v) is 4.04. The largest absolute Gasteiger partial charge is 0.465 e. The van der Waals surface area contributed by atoms with Gasteiger partial charge in [0.15, 0.2) is 5.16 Å². The third-order valence-corrected chi connectivity index (χ3v) is 5.70. The Hall–Kier alpha value is -3.92. The maximum absolute atomic E-state index is 13.4. The molecule has 0 radical (unpaired) electrons. The Bertz CT molecular complexity index is 1400. The molecule has 1 amide bonds. The van der Waals surface area contributed by atoms with Gasteiger partial charge in [0.25, 0.3) is 5.56 Å². The summed E-state index contributed by atoms with van der Waals surface area (Å²) in [6, 6.07) is 13.5. The number of anilines is 1. The molecule has 168 valence electrons. The van der Waals surface area contributed by atoms with Crippen molar-refractivity contribution in [3.63, 3.8) is 0 Å². The zero-order chi connectivity index (χ0) is 23.5. The van der Waals surface area contributed by atoms with Crippen molar-refractivity contribution < 1.29 is 18.7 Å². The third kappa shape index (κ3) is 4.80. The number of nitrogens with zero attached hydrogens (tertiary/aromatic N) is 2. The fourth-order valence-electron chi connectivity index (χ4n) is 3.23. The predicted octanol–water partition coefficient (Wildman–Crippen LogP) is 3.68. The van der Waals surface area contributed by atoms with E-state index >= 15 is 0 Å². The number of ether oxygens (including phenoxy) is 1. The first-order valence-electron chi connectivity index (χ1n) is 9.85. The standard InChI is InChI=1S/C23H19FN4O4S/c1-13-11-18-20(25-13)21(30)28(17-9-5-15(24)6-10-17)23(27-18)33-12-19(29)26-16-7-3-14(4-8-16)22(31)32-2/h3-11,25H,12H2,1-2H3,(H,26,29). The van der Waals surface area contributed by atoms with Gasteiger partial charge >= 0.3 is 5.97 Å². The second-order valence-corrected chi connectivity index (χ2v) is 8.07. The minimum atomic E-state index is -0.469. The lowest BCUT2D eigenvalue weighted by atomic mass is 10.2. The van der Waals surface area contributed by atoms with Gasteiger partial charge < -0.3 is 15.0 Å². The van der Waals surface area contributed by atoms with E-state index in [4.69, 9.17) is 0 Å². The van der Waals surface area contributed by atoms with Crippen LogP contribution in [-0.2, 0) is 9.53 Å². The van der Waals surface area contributed by atoms with Crippen LogP contribution in [0.2, 0.25) is 0 Å². The van der Waals surface area contributed by atoms with Gasteiger partial charge in [-0.2, -0.15) is 0 Å². The van der Waals surface area contributed by atoms with Gasteiger partial charge in [-0.25, -0.2) is 14.2 Å². The molecule has 0 fully saturated rings. The first-order chi connectivity index (χ1) is 15.9. The highest BCUT2D eigenvalue weighted by Crippen LogP contribution is 2.22. The van der Waals surface area contributed by atoms with E-state index in [1.54, 1.807) is 30.3 Å². The van der Waals surface area contributed by atoms with Gasteiger partial charge in [0, 0.05) is 11.4 Å². The Kier molecular flexibility index (Phi) is 6.27. The van der Waals surface area contributed by atoms with Crippen molar-refractivity contribution in [1.82, 2.24) is 14.5 Å². The molecular weight excluding hydrogens is 447 g/mol. The molecule has 2 aromatic heterocycles. The number of fused-ring (bicyclic) bond motifs is 1. The molecule has 0 aliphatic rings. The number of benzene rings is 2. The van der Waals surface area contributed by atoms with Gasteiger partial charge in [-0.1, -0.05) is 11.8 Å². The Morgan fingerprint density at radius 1 is 1.15 bits per heavy atom. The summed E-state index contributed by atoms with van der Waals surface area (Å²) < 4.78 is 19.4. The van der Waals surface area contributed by atoms with E-state index in [1.807, 2.05) is 6.92 Å². The molecule has 2 aromatic carbocycles. The Morgan fingerprint density at radius 3 is 2.52 bits per heavy atom. The van der Waals surface area contributed by atoms with E-state index in [2.05, 4.69) is 20.0 Å². The first-order valence-corrected chi connectivity index (χ1v) is 10.8. The lowest BCUT2D eigenvalue weighted by molar-refractivity contribution is -0.113. The molecule has 0 saturated heterocycles. The number of aromatic nitrogens is 3. The second kappa shape index (κ2) is 9.29. The number of nitrogens with one attached hydrogen (secondary N) is 2. The number of methoxy groups -OCH3 is 1. The van der Waals surface area contributed by atoms with Crippen molar-refractivity contribution in [2.75, 3.05) is 18.2 Å². The summed E-state index contributed by atoms with van der Waals surface area (Å²) in [5, 5.41) is 3.04. The number of halogens is 1. The molecule has 0 aliphatic heterocycles. The molecular formula is C23H19FN4O4S. The molecule has 10 heteroatoms. The normalized spacial score (nSPS) is 10.9. The van der Waals surface area contributed by atoms with Crippen LogP contribution in [0, 0.1) is 12.7 Å². The molecule has 8 nitrogen and oxygen atoms in total. The lowest BCUT2D eigenvalue weighted by Crippen LogP contribution is -2.23. The van der Waals surface area contributed by atoms with Gasteiger partial charge in [-0.05, 0) is 61.5 Å². The molecule has 0 atom stereocenters. The minimum absolute atomic E-state index is 0.0265. The highest BCUT2D eigenvalue weighted by Gasteiger charge is 2.16. The first kappa shape index (κ1) is 22.3. The van der Waals surface area contributed by atoms with E-state index in [0.29, 0.717) is 33.1 Å². The number of carbonyl (C=O) groups is 2. The maximum Gasteiger partial charge on any atom is 0.337 e.